The first-order chi connectivity index (χ1) is 6.71. The maximum Gasteiger partial charge on any atom is 0.240 e. The largest absolute Gasteiger partial charge is 0.380 e. The molecular formula is C10H16N2O2. The van der Waals surface area contributed by atoms with Gasteiger partial charge >= 0.3 is 0 Å². The average molecular weight is 196 g/mol. The Balaban J connectivity index is 1.66. The zero-order valence-corrected chi connectivity index (χ0v) is 8.45. The zero-order chi connectivity index (χ0) is 9.76. The Kier molecular flexibility index (Phi) is 1.67. The number of hydrogen-bond donors (Lipinski definition) is 1. The number of amides is 1. The van der Waals surface area contributed by atoms with Gasteiger partial charge < -0.3 is 9.64 Å². The molecule has 0 aromatic rings. The minimum Gasteiger partial charge on any atom is -0.380 e. The number of nitrogens with zero attached hydrogens (tertiary/aromatic N) is 1. The molecule has 3 aliphatic rings. The van der Waals surface area contributed by atoms with Gasteiger partial charge in [0.05, 0.1) is 25.9 Å². The molecule has 1 aliphatic carbocycles. The molecule has 1 saturated carbocycles. The monoisotopic (exact) mass is 196 g/mol. The molecule has 0 bridgehead atoms. The molecule has 4 nitrogen and oxygen atoms in total. The van der Waals surface area contributed by atoms with E-state index in [4.69, 9.17) is 4.74 Å². The van der Waals surface area contributed by atoms with Crippen molar-refractivity contribution < 1.29 is 9.53 Å². The highest BCUT2D eigenvalue weighted by atomic mass is 16.5. The summed E-state index contributed by atoms with van der Waals surface area (Å²) < 4.78 is 5.42. The summed E-state index contributed by atoms with van der Waals surface area (Å²) in [6.45, 7) is 5.30. The number of carbonyl (C=O) groups excluding carboxylic acids is 1. The quantitative estimate of drug-likeness (QED) is 0.665. The first kappa shape index (κ1) is 8.68. The molecule has 2 heterocycles. The van der Waals surface area contributed by atoms with Gasteiger partial charge in [0.15, 0.2) is 0 Å². The van der Waals surface area contributed by atoms with E-state index in [1.807, 2.05) is 11.8 Å². The zero-order valence-electron chi connectivity index (χ0n) is 8.45. The predicted octanol–water partition coefficient (Wildman–Crippen LogP) is -0.199. The van der Waals surface area contributed by atoms with Crippen molar-refractivity contribution in [3.8, 4) is 0 Å². The van der Waals surface area contributed by atoms with E-state index in [1.165, 1.54) is 6.42 Å². The van der Waals surface area contributed by atoms with Crippen LogP contribution in [0, 0.1) is 11.3 Å². The van der Waals surface area contributed by atoms with Gasteiger partial charge in [0.1, 0.15) is 0 Å². The molecule has 2 saturated heterocycles. The van der Waals surface area contributed by atoms with Gasteiger partial charge in [-0.3, -0.25) is 10.1 Å². The summed E-state index contributed by atoms with van der Waals surface area (Å²) in [5, 5.41) is 3.16. The molecule has 0 radical (unpaired) electrons. The molecule has 1 amide bonds. The average Bonchev–Trinajstić information content (AvgIpc) is 2.57. The van der Waals surface area contributed by atoms with Crippen LogP contribution in [-0.2, 0) is 9.53 Å². The highest BCUT2D eigenvalue weighted by Crippen LogP contribution is 2.57. The fourth-order valence-corrected chi connectivity index (χ4v) is 2.69. The van der Waals surface area contributed by atoms with Gasteiger partial charge in [-0.2, -0.15) is 0 Å². The highest BCUT2D eigenvalue weighted by Gasteiger charge is 2.59. The van der Waals surface area contributed by atoms with Crippen LogP contribution in [0.3, 0.4) is 0 Å². The summed E-state index contributed by atoms with van der Waals surface area (Å²) in [4.78, 5) is 13.6. The van der Waals surface area contributed by atoms with Gasteiger partial charge in [-0.05, 0) is 19.3 Å². The standard InChI is InChI=1S/C10H16N2O2/c1-7-9(13)12(6-11-7)4-10-2-8(10)3-14-5-10/h7-8,11H,2-6H2,1H3. The van der Waals surface area contributed by atoms with Crippen LogP contribution in [0.1, 0.15) is 13.3 Å². The molecule has 78 valence electrons. The highest BCUT2D eigenvalue weighted by molar-refractivity contribution is 5.83. The third-order valence-electron chi connectivity index (χ3n) is 3.84. The Morgan fingerprint density at radius 3 is 3.07 bits per heavy atom. The van der Waals surface area contributed by atoms with E-state index in [1.54, 1.807) is 0 Å². The molecular weight excluding hydrogens is 180 g/mol. The molecule has 0 aromatic heterocycles. The van der Waals surface area contributed by atoms with Crippen LogP contribution in [0.25, 0.3) is 0 Å². The second kappa shape index (κ2) is 2.70. The van der Waals surface area contributed by atoms with E-state index in [0.29, 0.717) is 12.1 Å². The lowest BCUT2D eigenvalue weighted by molar-refractivity contribution is -0.129. The molecule has 3 fully saturated rings. The SMILES string of the molecule is CC1NCN(CC23COCC2C3)C1=O. The van der Waals surface area contributed by atoms with Crippen LogP contribution < -0.4 is 5.32 Å². The second-order valence-electron chi connectivity index (χ2n) is 4.90. The maximum absolute atomic E-state index is 11.7. The summed E-state index contributed by atoms with van der Waals surface area (Å²) >= 11 is 0. The fourth-order valence-electron chi connectivity index (χ4n) is 2.69. The van der Waals surface area contributed by atoms with Gasteiger partial charge in [-0.1, -0.05) is 0 Å². The van der Waals surface area contributed by atoms with E-state index in [0.717, 1.165) is 25.7 Å². The lowest BCUT2D eigenvalue weighted by Crippen LogP contribution is -2.35. The third kappa shape index (κ3) is 1.10. The van der Waals surface area contributed by atoms with Gasteiger partial charge in [0.2, 0.25) is 5.91 Å². The molecule has 1 N–H and O–H groups in total. The van der Waals surface area contributed by atoms with E-state index in [2.05, 4.69) is 5.32 Å². The van der Waals surface area contributed by atoms with Gasteiger partial charge in [0.25, 0.3) is 0 Å². The lowest BCUT2D eigenvalue weighted by atomic mass is 10.1. The van der Waals surface area contributed by atoms with Crippen molar-refractivity contribution >= 4 is 5.91 Å². The summed E-state index contributed by atoms with van der Waals surface area (Å²) in [7, 11) is 0. The Labute approximate surface area is 83.6 Å². The number of rotatable bonds is 2. The molecule has 0 spiro atoms. The summed E-state index contributed by atoms with van der Waals surface area (Å²) in [5.41, 5.74) is 0.335. The second-order valence-corrected chi connectivity index (χ2v) is 4.90. The Hall–Kier alpha value is -0.610. The van der Waals surface area contributed by atoms with Crippen molar-refractivity contribution in [2.45, 2.75) is 19.4 Å². The van der Waals surface area contributed by atoms with Crippen LogP contribution in [0.5, 0.6) is 0 Å². The number of hydrogen-bond acceptors (Lipinski definition) is 3. The first-order valence-corrected chi connectivity index (χ1v) is 5.31. The lowest BCUT2D eigenvalue weighted by Gasteiger charge is -2.20. The van der Waals surface area contributed by atoms with Crippen LogP contribution >= 0.6 is 0 Å². The smallest absolute Gasteiger partial charge is 0.240 e. The van der Waals surface area contributed by atoms with E-state index in [9.17, 15) is 4.79 Å². The van der Waals surface area contributed by atoms with Crippen molar-refractivity contribution in [1.29, 1.82) is 0 Å². The van der Waals surface area contributed by atoms with Crippen LogP contribution in [0.2, 0.25) is 0 Å². The fraction of sp³-hybridized carbons (Fsp3) is 0.900. The summed E-state index contributed by atoms with van der Waals surface area (Å²) in [6.07, 6.45) is 1.26. The molecule has 3 unspecified atom stereocenters. The van der Waals surface area contributed by atoms with E-state index < -0.39 is 0 Å². The third-order valence-corrected chi connectivity index (χ3v) is 3.84. The molecule has 3 rings (SSSR count). The van der Waals surface area contributed by atoms with Crippen molar-refractivity contribution in [3.63, 3.8) is 0 Å². The number of carbonyl (C=O) groups is 1. The van der Waals surface area contributed by atoms with Crippen LogP contribution in [0.15, 0.2) is 0 Å². The molecule has 2 aliphatic heterocycles. The molecule has 0 aromatic carbocycles. The summed E-state index contributed by atoms with van der Waals surface area (Å²) in [6, 6.07) is 0.00548. The Bertz CT molecular complexity index is 281. The maximum atomic E-state index is 11.7. The van der Waals surface area contributed by atoms with E-state index >= 15 is 0 Å². The Morgan fingerprint density at radius 1 is 1.71 bits per heavy atom. The normalized spacial score (nSPS) is 45.8. The Morgan fingerprint density at radius 2 is 2.57 bits per heavy atom. The molecule has 3 atom stereocenters. The van der Waals surface area contributed by atoms with Crippen LogP contribution in [-0.4, -0.2) is 43.3 Å². The van der Waals surface area contributed by atoms with Gasteiger partial charge in [-0.15, -0.1) is 0 Å². The number of ether oxygens (including phenoxy) is 1. The predicted molar refractivity (Wildman–Crippen MR) is 50.5 cm³/mol. The van der Waals surface area contributed by atoms with Crippen molar-refractivity contribution in [2.75, 3.05) is 26.4 Å². The number of fused-ring (bicyclic) bond motifs is 1. The van der Waals surface area contributed by atoms with Crippen molar-refractivity contribution in [1.82, 2.24) is 10.2 Å². The molecule has 14 heavy (non-hydrogen) atoms. The van der Waals surface area contributed by atoms with Crippen LogP contribution in [0.4, 0.5) is 0 Å². The summed E-state index contributed by atoms with van der Waals surface area (Å²) in [5.74, 6) is 0.975. The van der Waals surface area contributed by atoms with Crippen molar-refractivity contribution in [2.24, 2.45) is 11.3 Å². The molecule has 4 heteroatoms. The van der Waals surface area contributed by atoms with Gasteiger partial charge in [-0.25, -0.2) is 0 Å². The van der Waals surface area contributed by atoms with Crippen molar-refractivity contribution in [3.05, 3.63) is 0 Å². The van der Waals surface area contributed by atoms with Gasteiger partial charge in [0, 0.05) is 12.0 Å². The minimum absolute atomic E-state index is 0.00548. The first-order valence-electron chi connectivity index (χ1n) is 5.31. The number of nitrogens with one attached hydrogen (secondary N) is 1. The topological polar surface area (TPSA) is 41.6 Å². The van der Waals surface area contributed by atoms with E-state index in [-0.39, 0.29) is 11.9 Å². The minimum atomic E-state index is 0.00548.